The fourth-order valence-electron chi connectivity index (χ4n) is 3.06. The molecule has 0 heterocycles. The van der Waals surface area contributed by atoms with Crippen molar-refractivity contribution in [2.24, 2.45) is 0 Å². The van der Waals surface area contributed by atoms with E-state index < -0.39 is 40.1 Å². The molecule has 2 aromatic carbocycles. The summed E-state index contributed by atoms with van der Waals surface area (Å²) in [5.41, 5.74) is 0. The number of hydrogen-bond acceptors (Lipinski definition) is 13. The number of benzene rings is 2. The van der Waals surface area contributed by atoms with Crippen molar-refractivity contribution >= 4 is 30.3 Å². The number of hydrogen-bond donors (Lipinski definition) is 1. The first-order valence-corrected chi connectivity index (χ1v) is 16.1. The van der Waals surface area contributed by atoms with Crippen molar-refractivity contribution in [2.75, 3.05) is 59.2 Å². The molecule has 0 amide bonds. The summed E-state index contributed by atoms with van der Waals surface area (Å²) in [6.07, 6.45) is 1.57. The number of sulfonamides is 1. The van der Waals surface area contributed by atoms with Crippen LogP contribution in [0.25, 0.3) is 0 Å². The minimum Gasteiger partial charge on any atom is -0.744 e. The van der Waals surface area contributed by atoms with E-state index in [1.807, 2.05) is 4.90 Å². The molecular weight excluding hydrogens is 659 g/mol. The Kier molecular flexibility index (Phi) is 21.3. The molecule has 19 heteroatoms. The SMILES string of the molecule is CS(=O)(=O)NCCCN(CCOCOc1cccc(S(=O)(=O)[O-])c1)CCOCOc1cccc(S(=O)(=O)[O-])c1.[K+].[K+]. The molecule has 0 fully saturated rings. The summed E-state index contributed by atoms with van der Waals surface area (Å²) in [5, 5.41) is 0. The fourth-order valence-corrected chi connectivity index (χ4v) is 4.59. The molecule has 41 heavy (non-hydrogen) atoms. The summed E-state index contributed by atoms with van der Waals surface area (Å²) in [7, 11) is -12.5. The smallest absolute Gasteiger partial charge is 0.744 e. The molecule has 1 N–H and O–H groups in total. The monoisotopic (exact) mass is 688 g/mol. The largest absolute Gasteiger partial charge is 1.00 e. The van der Waals surface area contributed by atoms with Gasteiger partial charge in [0.05, 0.1) is 29.3 Å². The minimum atomic E-state index is -4.61. The molecule has 0 saturated heterocycles. The van der Waals surface area contributed by atoms with E-state index in [0.29, 0.717) is 26.1 Å². The third-order valence-corrected chi connectivity index (χ3v) is 7.32. The molecule has 14 nitrogen and oxygen atoms in total. The second kappa shape index (κ2) is 20.9. The van der Waals surface area contributed by atoms with Gasteiger partial charge in [-0.3, -0.25) is 4.90 Å². The van der Waals surface area contributed by atoms with Gasteiger partial charge in [-0.05, 0) is 49.4 Å². The van der Waals surface area contributed by atoms with E-state index in [4.69, 9.17) is 18.9 Å². The van der Waals surface area contributed by atoms with Crippen molar-refractivity contribution in [3.05, 3.63) is 48.5 Å². The molecule has 0 aliphatic rings. The third kappa shape index (κ3) is 19.1. The van der Waals surface area contributed by atoms with E-state index in [1.54, 1.807) is 0 Å². The fraction of sp³-hybridized carbons (Fsp3) is 0.455. The van der Waals surface area contributed by atoms with E-state index in [1.165, 1.54) is 24.3 Å². The molecule has 0 aliphatic carbocycles. The number of nitrogens with zero attached hydrogens (tertiary/aromatic N) is 1. The predicted molar refractivity (Wildman–Crippen MR) is 136 cm³/mol. The van der Waals surface area contributed by atoms with Crippen molar-refractivity contribution in [3.63, 3.8) is 0 Å². The summed E-state index contributed by atoms with van der Waals surface area (Å²) in [5.74, 6) is 0.310. The Balaban J connectivity index is 0.00000800. The van der Waals surface area contributed by atoms with Crippen LogP contribution in [0.4, 0.5) is 0 Å². The number of ether oxygens (including phenoxy) is 4. The number of nitrogens with one attached hydrogen (secondary N) is 1. The Morgan fingerprint density at radius 2 is 1.17 bits per heavy atom. The normalized spacial score (nSPS) is 11.9. The van der Waals surface area contributed by atoms with Crippen LogP contribution in [0.3, 0.4) is 0 Å². The van der Waals surface area contributed by atoms with Crippen LogP contribution in [0.2, 0.25) is 0 Å². The zero-order chi connectivity index (χ0) is 28.9. The van der Waals surface area contributed by atoms with E-state index in [0.717, 1.165) is 30.5 Å². The molecule has 0 saturated carbocycles. The molecule has 0 bridgehead atoms. The average molecular weight is 689 g/mol. The Morgan fingerprint density at radius 1 is 0.732 bits per heavy atom. The van der Waals surface area contributed by atoms with Crippen LogP contribution in [-0.4, -0.2) is 98.5 Å². The van der Waals surface area contributed by atoms with E-state index in [-0.39, 0.29) is 148 Å². The van der Waals surface area contributed by atoms with E-state index in [9.17, 15) is 34.4 Å². The molecule has 0 spiro atoms. The van der Waals surface area contributed by atoms with Crippen LogP contribution in [0.5, 0.6) is 11.5 Å². The molecule has 0 radical (unpaired) electrons. The van der Waals surface area contributed by atoms with Crippen LogP contribution < -0.4 is 117 Å². The van der Waals surface area contributed by atoms with Gasteiger partial charge in [-0.1, -0.05) is 12.1 Å². The van der Waals surface area contributed by atoms with Gasteiger partial charge < -0.3 is 28.1 Å². The Bertz CT molecular complexity index is 1290. The van der Waals surface area contributed by atoms with Gasteiger partial charge in [0.15, 0.2) is 13.6 Å². The molecular formula is C22H30K2N2O12S3. The second-order valence-electron chi connectivity index (χ2n) is 8.06. The minimum absolute atomic E-state index is 0. The van der Waals surface area contributed by atoms with Gasteiger partial charge in [0.2, 0.25) is 10.0 Å². The van der Waals surface area contributed by atoms with Crippen LogP contribution in [0.15, 0.2) is 58.3 Å². The molecule has 0 aromatic heterocycles. The van der Waals surface area contributed by atoms with Gasteiger partial charge in [0.25, 0.3) is 0 Å². The van der Waals surface area contributed by atoms with Crippen molar-refractivity contribution in [1.82, 2.24) is 9.62 Å². The molecule has 2 aromatic rings. The van der Waals surface area contributed by atoms with Crippen molar-refractivity contribution in [1.29, 1.82) is 0 Å². The van der Waals surface area contributed by atoms with Gasteiger partial charge in [0.1, 0.15) is 31.7 Å². The summed E-state index contributed by atoms with van der Waals surface area (Å²) >= 11 is 0. The standard InChI is InChI=1S/C22H32N2O12S3.2K/c1-37(25,26)23-9-4-10-24(11-13-33-17-35-19-5-2-7-21(15-19)38(27,28)29)12-14-34-18-36-20-6-3-8-22(16-20)39(30,31)32;;/h2-3,5-8,15-16,23H,4,9-14,17-18H2,1H3,(H,27,28,29)(H,30,31,32);;/q;2*+1/p-2. The van der Waals surface area contributed by atoms with Crippen molar-refractivity contribution < 1.29 is 156 Å². The van der Waals surface area contributed by atoms with Gasteiger partial charge in [0, 0.05) is 19.6 Å². The second-order valence-corrected chi connectivity index (χ2v) is 12.7. The first-order chi connectivity index (χ1) is 18.2. The molecule has 0 unspecified atom stereocenters. The maximum absolute atomic E-state index is 11.3. The maximum Gasteiger partial charge on any atom is 1.00 e. The van der Waals surface area contributed by atoms with Crippen molar-refractivity contribution in [3.8, 4) is 11.5 Å². The Hall–Kier alpha value is 0.923. The molecule has 2 rings (SSSR count). The van der Waals surface area contributed by atoms with Crippen LogP contribution in [0.1, 0.15) is 6.42 Å². The third-order valence-electron chi connectivity index (χ3n) is 4.93. The zero-order valence-electron chi connectivity index (χ0n) is 23.1. The van der Waals surface area contributed by atoms with Gasteiger partial charge in [-0.15, -0.1) is 0 Å². The van der Waals surface area contributed by atoms with E-state index in [2.05, 4.69) is 4.72 Å². The zero-order valence-corrected chi connectivity index (χ0v) is 31.7. The predicted octanol–water partition coefficient (Wildman–Crippen LogP) is -5.85. The first kappa shape index (κ1) is 41.9. The summed E-state index contributed by atoms with van der Waals surface area (Å²) < 4.78 is 113. The summed E-state index contributed by atoms with van der Waals surface area (Å²) in [6.45, 7) is 1.61. The first-order valence-electron chi connectivity index (χ1n) is 11.4. The summed E-state index contributed by atoms with van der Waals surface area (Å²) in [4.78, 5) is 1.11. The quantitative estimate of drug-likeness (QED) is 0.0634. The topological polar surface area (TPSA) is 201 Å². The Morgan fingerprint density at radius 3 is 1.56 bits per heavy atom. The van der Waals surface area contributed by atoms with Crippen LogP contribution in [0, 0.1) is 0 Å². The van der Waals surface area contributed by atoms with Gasteiger partial charge in [-0.25, -0.2) is 30.0 Å². The van der Waals surface area contributed by atoms with Crippen LogP contribution >= 0.6 is 0 Å². The van der Waals surface area contributed by atoms with Gasteiger partial charge in [-0.2, -0.15) is 0 Å². The average Bonchev–Trinajstić information content (AvgIpc) is 2.84. The Labute approximate surface area is 326 Å². The summed E-state index contributed by atoms with van der Waals surface area (Å²) in [6, 6.07) is 10.2. The van der Waals surface area contributed by atoms with Gasteiger partial charge >= 0.3 is 103 Å². The van der Waals surface area contributed by atoms with E-state index >= 15 is 0 Å². The maximum atomic E-state index is 11.3. The van der Waals surface area contributed by atoms with Crippen molar-refractivity contribution in [2.45, 2.75) is 16.2 Å². The molecule has 0 aliphatic heterocycles. The number of rotatable bonds is 19. The molecule has 220 valence electrons. The van der Waals surface area contributed by atoms with Crippen LogP contribution in [-0.2, 0) is 39.7 Å². The molecule has 0 atom stereocenters.